The molecule has 12 nitrogen and oxygen atoms in total. The Morgan fingerprint density at radius 2 is 1.29 bits per heavy atom. The van der Waals surface area contributed by atoms with Crippen LogP contribution in [0, 0.1) is 0 Å². The van der Waals surface area contributed by atoms with Gasteiger partial charge in [0, 0.05) is 6.42 Å². The van der Waals surface area contributed by atoms with Gasteiger partial charge in [-0.3, -0.25) is 9.35 Å². The number of hydrogen-bond donors (Lipinski definition) is 6. The first kappa shape index (κ1) is 47.6. The van der Waals surface area contributed by atoms with Gasteiger partial charge in [-0.2, -0.15) is 8.42 Å². The Balaban J connectivity index is 2.58. The second kappa shape index (κ2) is 30.0. The van der Waals surface area contributed by atoms with Gasteiger partial charge in [0.2, 0.25) is 5.91 Å². The fraction of sp³-hybridized carbons (Fsp3) is 0.868. The van der Waals surface area contributed by atoms with Gasteiger partial charge in [-0.15, -0.1) is 0 Å². The number of nitrogens with one attached hydrogen (secondary N) is 1. The molecule has 1 fully saturated rings. The summed E-state index contributed by atoms with van der Waals surface area (Å²) in [7, 11) is -5.07. The number of aliphatic hydroxyl groups is 4. The van der Waals surface area contributed by atoms with Crippen molar-refractivity contribution < 1.29 is 51.8 Å². The summed E-state index contributed by atoms with van der Waals surface area (Å²) in [5.41, 5.74) is 0. The molecule has 1 rings (SSSR count). The highest BCUT2D eigenvalue weighted by atomic mass is 32.3. The Hall–Kier alpha value is -1.42. The standard InChI is InChI=1S/C38H71NO11S/c1-3-5-7-9-11-13-14-15-16-17-18-20-22-24-26-28-34(42)39-31(32(41)27-25-23-21-19-12-10-8-6-4-2)30-48-38-36(44)37(50-51(45,46)47)35(43)33(29-40)49-38/h11,13-15,31-33,35-38,40-41,43-44H,3-10,12,16-30H2,1-2H3,(H,39,42)(H,45,46,47)/b13-11-,15-14-. The first-order chi connectivity index (χ1) is 24.5. The number of carbonyl (C=O) groups excluding carboxylic acids is 1. The van der Waals surface area contributed by atoms with E-state index in [1.165, 1.54) is 51.4 Å². The number of ether oxygens (including phenoxy) is 2. The Labute approximate surface area is 308 Å². The highest BCUT2D eigenvalue weighted by Gasteiger charge is 2.48. The fourth-order valence-corrected chi connectivity index (χ4v) is 6.66. The molecule has 0 saturated carbocycles. The van der Waals surface area contributed by atoms with Crippen LogP contribution in [0.3, 0.4) is 0 Å². The summed E-state index contributed by atoms with van der Waals surface area (Å²) in [6.45, 7) is 3.34. The molecule has 1 saturated heterocycles. The van der Waals surface area contributed by atoms with Gasteiger partial charge in [0.05, 0.1) is 25.4 Å². The van der Waals surface area contributed by atoms with Crippen LogP contribution in [0.1, 0.15) is 155 Å². The van der Waals surface area contributed by atoms with E-state index < -0.39 is 59.9 Å². The van der Waals surface area contributed by atoms with Gasteiger partial charge in [-0.1, -0.05) is 134 Å². The molecule has 1 amide bonds. The van der Waals surface area contributed by atoms with Crippen LogP contribution in [0.5, 0.6) is 0 Å². The summed E-state index contributed by atoms with van der Waals surface area (Å²) in [5, 5.41) is 44.5. The van der Waals surface area contributed by atoms with E-state index in [0.717, 1.165) is 70.6 Å². The molecule has 1 heterocycles. The average molecular weight is 750 g/mol. The lowest BCUT2D eigenvalue weighted by Crippen LogP contribution is -2.61. The maximum atomic E-state index is 12.9. The van der Waals surface area contributed by atoms with Crippen molar-refractivity contribution in [3.05, 3.63) is 24.3 Å². The van der Waals surface area contributed by atoms with Gasteiger partial charge in [-0.25, -0.2) is 4.18 Å². The molecule has 7 unspecified atom stereocenters. The molecule has 51 heavy (non-hydrogen) atoms. The topological polar surface area (TPSA) is 192 Å². The predicted molar refractivity (Wildman–Crippen MR) is 199 cm³/mol. The molecule has 0 aromatic rings. The maximum absolute atomic E-state index is 12.9. The van der Waals surface area contributed by atoms with Gasteiger partial charge in [0.15, 0.2) is 6.29 Å². The summed E-state index contributed by atoms with van der Waals surface area (Å²) in [6, 6.07) is -0.859. The number of hydrogen-bond acceptors (Lipinski definition) is 10. The van der Waals surface area contributed by atoms with E-state index in [0.29, 0.717) is 12.8 Å². The van der Waals surface area contributed by atoms with E-state index in [9.17, 15) is 33.6 Å². The summed E-state index contributed by atoms with van der Waals surface area (Å²) in [5.74, 6) is -0.246. The van der Waals surface area contributed by atoms with Crippen molar-refractivity contribution in [1.82, 2.24) is 5.32 Å². The lowest BCUT2D eigenvalue weighted by Gasteiger charge is -2.41. The van der Waals surface area contributed by atoms with Gasteiger partial charge in [-0.05, 0) is 38.5 Å². The molecule has 6 N–H and O–H groups in total. The minimum Gasteiger partial charge on any atom is -0.394 e. The molecule has 300 valence electrons. The molecule has 0 aliphatic carbocycles. The highest BCUT2D eigenvalue weighted by Crippen LogP contribution is 2.26. The van der Waals surface area contributed by atoms with Gasteiger partial charge in [0.25, 0.3) is 0 Å². The number of aliphatic hydroxyl groups excluding tert-OH is 4. The van der Waals surface area contributed by atoms with E-state index >= 15 is 0 Å². The number of carbonyl (C=O) groups is 1. The van der Waals surface area contributed by atoms with Gasteiger partial charge < -0.3 is 35.2 Å². The minimum atomic E-state index is -5.07. The van der Waals surface area contributed by atoms with Gasteiger partial charge >= 0.3 is 10.4 Å². The SMILES string of the molecule is CCCCC/C=C\C=C/CCCCCCCCC(=O)NC(COC1OC(CO)C(O)C(OS(=O)(=O)O)C1O)C(O)CCCCCCCCCCC. The third kappa shape index (κ3) is 23.8. The fourth-order valence-electron chi connectivity index (χ4n) is 6.15. The van der Waals surface area contributed by atoms with Crippen molar-refractivity contribution in [2.75, 3.05) is 13.2 Å². The van der Waals surface area contributed by atoms with Crippen molar-refractivity contribution >= 4 is 16.3 Å². The van der Waals surface area contributed by atoms with Gasteiger partial charge in [0.1, 0.15) is 24.4 Å². The van der Waals surface area contributed by atoms with Crippen LogP contribution < -0.4 is 5.32 Å². The largest absolute Gasteiger partial charge is 0.397 e. The normalized spacial score (nSPS) is 22.5. The Morgan fingerprint density at radius 1 is 0.784 bits per heavy atom. The Bertz CT molecular complexity index is 1030. The molecule has 0 spiro atoms. The molecule has 0 aromatic heterocycles. The third-order valence-corrected chi connectivity index (χ3v) is 9.76. The molecule has 0 radical (unpaired) electrons. The zero-order valence-corrected chi connectivity index (χ0v) is 32.2. The van der Waals surface area contributed by atoms with Crippen LogP contribution in [0.2, 0.25) is 0 Å². The van der Waals surface area contributed by atoms with Crippen molar-refractivity contribution in [3.63, 3.8) is 0 Å². The van der Waals surface area contributed by atoms with E-state index in [2.05, 4.69) is 47.7 Å². The van der Waals surface area contributed by atoms with Crippen molar-refractivity contribution in [1.29, 1.82) is 0 Å². The number of rotatable bonds is 32. The summed E-state index contributed by atoms with van der Waals surface area (Å²) < 4.78 is 47.4. The minimum absolute atomic E-state index is 0.246. The second-order valence-corrected chi connectivity index (χ2v) is 14.9. The van der Waals surface area contributed by atoms with Crippen LogP contribution in [-0.4, -0.2) is 95.4 Å². The average Bonchev–Trinajstić information content (AvgIpc) is 3.09. The van der Waals surface area contributed by atoms with E-state index in [4.69, 9.17) is 14.0 Å². The molecule has 1 aliphatic heterocycles. The van der Waals surface area contributed by atoms with E-state index in [1.807, 2.05) is 0 Å². The molecule has 0 aromatic carbocycles. The number of allylic oxidation sites excluding steroid dienone is 4. The second-order valence-electron chi connectivity index (χ2n) is 13.9. The smallest absolute Gasteiger partial charge is 0.394 e. The first-order valence-electron chi connectivity index (χ1n) is 19.7. The quantitative estimate of drug-likeness (QED) is 0.0260. The molecule has 1 aliphatic rings. The Morgan fingerprint density at radius 3 is 1.86 bits per heavy atom. The Kier molecular flexibility index (Phi) is 28.0. The van der Waals surface area contributed by atoms with E-state index in [1.54, 1.807) is 0 Å². The predicted octanol–water partition coefficient (Wildman–Crippen LogP) is 6.21. The molecule has 7 atom stereocenters. The number of amides is 1. The molecular formula is C38H71NO11S. The third-order valence-electron chi connectivity index (χ3n) is 9.29. The zero-order chi connectivity index (χ0) is 37.7. The summed E-state index contributed by atoms with van der Waals surface area (Å²) in [6.07, 6.45) is 22.0. The van der Waals surface area contributed by atoms with Crippen LogP contribution in [-0.2, 0) is 28.9 Å². The lowest BCUT2D eigenvalue weighted by molar-refractivity contribution is -0.298. The summed E-state index contributed by atoms with van der Waals surface area (Å²) >= 11 is 0. The van der Waals surface area contributed by atoms with Crippen LogP contribution in [0.15, 0.2) is 24.3 Å². The highest BCUT2D eigenvalue weighted by molar-refractivity contribution is 7.80. The van der Waals surface area contributed by atoms with E-state index in [-0.39, 0.29) is 18.9 Å². The van der Waals surface area contributed by atoms with Crippen LogP contribution in [0.25, 0.3) is 0 Å². The van der Waals surface area contributed by atoms with Crippen molar-refractivity contribution in [3.8, 4) is 0 Å². The van der Waals surface area contributed by atoms with Crippen LogP contribution in [0.4, 0.5) is 0 Å². The lowest BCUT2D eigenvalue weighted by atomic mass is 9.99. The van der Waals surface area contributed by atoms with Crippen LogP contribution >= 0.6 is 0 Å². The van der Waals surface area contributed by atoms with Crippen molar-refractivity contribution in [2.24, 2.45) is 0 Å². The van der Waals surface area contributed by atoms with Crippen molar-refractivity contribution in [2.45, 2.75) is 198 Å². The first-order valence-corrected chi connectivity index (χ1v) is 21.1. The number of unbranched alkanes of at least 4 members (excludes halogenated alkanes) is 17. The maximum Gasteiger partial charge on any atom is 0.397 e. The molecular weight excluding hydrogens is 678 g/mol. The molecule has 0 bridgehead atoms. The zero-order valence-electron chi connectivity index (χ0n) is 31.4. The summed E-state index contributed by atoms with van der Waals surface area (Å²) in [4.78, 5) is 12.9. The monoisotopic (exact) mass is 749 g/mol. The molecule has 13 heteroatoms.